The van der Waals surface area contributed by atoms with E-state index in [1.807, 2.05) is 0 Å². The van der Waals surface area contributed by atoms with Crippen LogP contribution in [0.2, 0.25) is 0 Å². The summed E-state index contributed by atoms with van der Waals surface area (Å²) in [6.07, 6.45) is -4.08. The van der Waals surface area contributed by atoms with Crippen molar-refractivity contribution >= 4 is 16.7 Å². The van der Waals surface area contributed by atoms with Gasteiger partial charge in [-0.1, -0.05) is 0 Å². The number of nitrogens with one attached hydrogen (secondary N) is 1. The molecule has 1 saturated heterocycles. The molecule has 2 aromatic rings. The van der Waals surface area contributed by atoms with Crippen LogP contribution in [0.5, 0.6) is 5.88 Å². The summed E-state index contributed by atoms with van der Waals surface area (Å²) in [5.41, 5.74) is 6.61. The minimum absolute atomic E-state index is 0.230. The van der Waals surface area contributed by atoms with Crippen molar-refractivity contribution in [3.63, 3.8) is 0 Å². The number of aliphatic hydroxyl groups excluding tert-OH is 3. The van der Waals surface area contributed by atoms with E-state index < -0.39 is 31.0 Å². The van der Waals surface area contributed by atoms with E-state index in [1.54, 1.807) is 6.07 Å². The van der Waals surface area contributed by atoms with Gasteiger partial charge >= 0.3 is 0 Å². The third-order valence-corrected chi connectivity index (χ3v) is 3.58. The topological polar surface area (TPSA) is 147 Å². The van der Waals surface area contributed by atoms with Crippen LogP contribution in [0.1, 0.15) is 11.8 Å². The molecule has 9 heteroatoms. The molecule has 1 aliphatic heterocycles. The van der Waals surface area contributed by atoms with E-state index in [1.165, 1.54) is 7.11 Å². The Labute approximate surface area is 119 Å². The van der Waals surface area contributed by atoms with E-state index >= 15 is 0 Å². The molecule has 0 saturated carbocycles. The summed E-state index contributed by atoms with van der Waals surface area (Å²) in [6, 6.07) is 1.57. The highest BCUT2D eigenvalue weighted by molar-refractivity contribution is 5.87. The zero-order valence-corrected chi connectivity index (χ0v) is 11.2. The molecule has 0 aliphatic carbocycles. The number of nitrogens with zero attached hydrogens (tertiary/aromatic N) is 2. The molecule has 21 heavy (non-hydrogen) atoms. The zero-order valence-electron chi connectivity index (χ0n) is 11.2. The number of ether oxygens (including phenoxy) is 2. The van der Waals surface area contributed by atoms with Crippen LogP contribution >= 0.6 is 0 Å². The van der Waals surface area contributed by atoms with Gasteiger partial charge < -0.3 is 30.5 Å². The number of nitrogens with two attached hydrogens (primary N) is 1. The second-order valence-corrected chi connectivity index (χ2v) is 4.85. The third-order valence-electron chi connectivity index (χ3n) is 3.58. The Balaban J connectivity index is 2.07. The highest BCUT2D eigenvalue weighted by atomic mass is 16.6. The minimum Gasteiger partial charge on any atom is -0.479 e. The van der Waals surface area contributed by atoms with Crippen LogP contribution in [0.15, 0.2) is 6.07 Å². The fourth-order valence-electron chi connectivity index (χ4n) is 2.52. The maximum atomic E-state index is 10.1. The number of hydrogen-bond donors (Lipinski definition) is 5. The van der Waals surface area contributed by atoms with E-state index in [2.05, 4.69) is 15.2 Å². The van der Waals surface area contributed by atoms with Crippen LogP contribution in [0.3, 0.4) is 0 Å². The van der Waals surface area contributed by atoms with Crippen molar-refractivity contribution in [1.82, 2.24) is 15.2 Å². The van der Waals surface area contributed by atoms with Crippen LogP contribution in [0.25, 0.3) is 10.9 Å². The minimum atomic E-state index is -1.19. The quantitative estimate of drug-likeness (QED) is 0.469. The van der Waals surface area contributed by atoms with Gasteiger partial charge in [0.1, 0.15) is 30.2 Å². The highest BCUT2D eigenvalue weighted by Gasteiger charge is 2.44. The first-order valence-electron chi connectivity index (χ1n) is 6.37. The fraction of sp³-hybridized carbons (Fsp3) is 0.500. The number of aromatic nitrogens is 3. The van der Waals surface area contributed by atoms with Gasteiger partial charge in [0.15, 0.2) is 5.52 Å². The maximum Gasteiger partial charge on any atom is 0.244 e. The van der Waals surface area contributed by atoms with Gasteiger partial charge in [0.25, 0.3) is 0 Å². The molecule has 0 bridgehead atoms. The maximum absolute atomic E-state index is 10.1. The predicted molar refractivity (Wildman–Crippen MR) is 71.6 cm³/mol. The lowest BCUT2D eigenvalue weighted by Crippen LogP contribution is -2.32. The number of hydrogen-bond acceptors (Lipinski definition) is 8. The van der Waals surface area contributed by atoms with Gasteiger partial charge in [-0.25, -0.2) is 0 Å². The fourth-order valence-corrected chi connectivity index (χ4v) is 2.52. The molecule has 3 heterocycles. The smallest absolute Gasteiger partial charge is 0.244 e. The van der Waals surface area contributed by atoms with Crippen LogP contribution in [-0.4, -0.2) is 62.5 Å². The van der Waals surface area contributed by atoms with Crippen LogP contribution in [0, 0.1) is 0 Å². The molecule has 9 nitrogen and oxygen atoms in total. The van der Waals surface area contributed by atoms with E-state index in [0.29, 0.717) is 16.6 Å². The molecule has 4 atom stereocenters. The van der Waals surface area contributed by atoms with Crippen molar-refractivity contribution in [2.24, 2.45) is 0 Å². The lowest BCUT2D eigenvalue weighted by atomic mass is 10.0. The Morgan fingerprint density at radius 3 is 2.81 bits per heavy atom. The predicted octanol–water partition coefficient (Wildman–Crippen LogP) is -1.30. The number of fused-ring (bicyclic) bond motifs is 1. The van der Waals surface area contributed by atoms with E-state index in [4.69, 9.17) is 20.3 Å². The summed E-state index contributed by atoms with van der Waals surface area (Å²) in [7, 11) is 1.45. The standard InChI is InChI=1S/C12H16N4O5/c1-20-12-8-4(2-6(13)14-12)7(15-16-8)11-10(19)9(18)5(3-17)21-11/h2,5,9-11,17-19H,3H2,1H3,(H2,13,14)(H,15,16)/t5-,9-,10-,11+/m1/s1. The average Bonchev–Trinajstić information content (AvgIpc) is 3.01. The molecule has 3 rings (SSSR count). The van der Waals surface area contributed by atoms with Crippen LogP contribution in [-0.2, 0) is 4.74 Å². The number of anilines is 1. The monoisotopic (exact) mass is 296 g/mol. The van der Waals surface area contributed by atoms with Gasteiger partial charge in [-0.05, 0) is 6.07 Å². The van der Waals surface area contributed by atoms with Crippen molar-refractivity contribution in [2.75, 3.05) is 19.5 Å². The number of aromatic amines is 1. The molecule has 0 radical (unpaired) electrons. The summed E-state index contributed by atoms with van der Waals surface area (Å²) in [6.45, 7) is -0.395. The highest BCUT2D eigenvalue weighted by Crippen LogP contribution is 2.37. The van der Waals surface area contributed by atoms with Gasteiger partial charge in [0.05, 0.1) is 19.4 Å². The molecule has 0 spiro atoms. The average molecular weight is 296 g/mol. The van der Waals surface area contributed by atoms with Gasteiger partial charge in [-0.3, -0.25) is 5.10 Å². The van der Waals surface area contributed by atoms with Crippen LogP contribution in [0.4, 0.5) is 5.82 Å². The number of pyridine rings is 1. The summed E-state index contributed by atoms with van der Waals surface area (Å²) in [5.74, 6) is 0.480. The summed E-state index contributed by atoms with van der Waals surface area (Å²) in [5, 5.41) is 36.4. The van der Waals surface area contributed by atoms with Gasteiger partial charge in [0, 0.05) is 5.39 Å². The molecule has 2 aromatic heterocycles. The SMILES string of the molecule is COc1nc(N)cc2c([C@@H]3O[C@H](CO)[C@@H](O)[C@H]3O)[nH]nc12. The first-order valence-corrected chi connectivity index (χ1v) is 6.37. The Hall–Kier alpha value is -1.94. The summed E-state index contributed by atoms with van der Waals surface area (Å²) < 4.78 is 10.6. The van der Waals surface area contributed by atoms with Gasteiger partial charge in [-0.2, -0.15) is 10.1 Å². The normalized spacial score (nSPS) is 29.1. The lowest BCUT2D eigenvalue weighted by Gasteiger charge is -2.13. The van der Waals surface area contributed by atoms with Crippen molar-refractivity contribution < 1.29 is 24.8 Å². The summed E-state index contributed by atoms with van der Waals surface area (Å²) >= 11 is 0. The molecule has 0 amide bonds. The number of nitrogen functional groups attached to an aromatic ring is 1. The number of aliphatic hydroxyl groups is 3. The first-order chi connectivity index (χ1) is 10.1. The summed E-state index contributed by atoms with van der Waals surface area (Å²) in [4.78, 5) is 4.01. The van der Waals surface area contributed by atoms with Gasteiger partial charge in [-0.15, -0.1) is 0 Å². The number of methoxy groups -OCH3 is 1. The van der Waals surface area contributed by atoms with Crippen LogP contribution < -0.4 is 10.5 Å². The Morgan fingerprint density at radius 2 is 2.19 bits per heavy atom. The van der Waals surface area contributed by atoms with E-state index in [0.717, 1.165) is 0 Å². The Kier molecular flexibility index (Phi) is 3.41. The molecule has 6 N–H and O–H groups in total. The second-order valence-electron chi connectivity index (χ2n) is 4.85. The Morgan fingerprint density at radius 1 is 1.43 bits per heavy atom. The second kappa shape index (κ2) is 5.11. The zero-order chi connectivity index (χ0) is 15.1. The van der Waals surface area contributed by atoms with E-state index in [-0.39, 0.29) is 11.7 Å². The molecular weight excluding hydrogens is 280 g/mol. The number of rotatable bonds is 3. The van der Waals surface area contributed by atoms with Gasteiger partial charge in [0.2, 0.25) is 5.88 Å². The first kappa shape index (κ1) is 14.0. The Bertz CT molecular complexity index is 660. The molecule has 0 unspecified atom stereocenters. The van der Waals surface area contributed by atoms with E-state index in [9.17, 15) is 10.2 Å². The van der Waals surface area contributed by atoms with Crippen molar-refractivity contribution in [3.8, 4) is 5.88 Å². The largest absolute Gasteiger partial charge is 0.479 e. The third kappa shape index (κ3) is 2.10. The molecular formula is C12H16N4O5. The molecule has 114 valence electrons. The molecule has 0 aromatic carbocycles. The number of H-pyrrole nitrogens is 1. The van der Waals surface area contributed by atoms with Crippen molar-refractivity contribution in [3.05, 3.63) is 11.8 Å². The van der Waals surface area contributed by atoms with Crippen molar-refractivity contribution in [1.29, 1.82) is 0 Å². The molecule has 1 aliphatic rings. The molecule has 1 fully saturated rings. The lowest BCUT2D eigenvalue weighted by molar-refractivity contribution is -0.0235. The van der Waals surface area contributed by atoms with Crippen molar-refractivity contribution in [2.45, 2.75) is 24.4 Å².